The normalized spacial score (nSPS) is 12.4. The number of nitrogens with one attached hydrogen (secondary N) is 1. The smallest absolute Gasteiger partial charge is 0.123 e. The molecule has 4 heteroatoms. The van der Waals surface area contributed by atoms with Gasteiger partial charge in [-0.1, -0.05) is 24.6 Å². The molecule has 0 saturated carbocycles. The molecule has 0 aliphatic heterocycles. The Labute approximate surface area is 127 Å². The number of methoxy groups -OCH3 is 1. The summed E-state index contributed by atoms with van der Waals surface area (Å²) in [6.45, 7) is 8.16. The molecule has 21 heavy (non-hydrogen) atoms. The third-order valence-electron chi connectivity index (χ3n) is 3.66. The van der Waals surface area contributed by atoms with Gasteiger partial charge in [-0.3, -0.25) is 4.68 Å². The van der Waals surface area contributed by atoms with E-state index in [9.17, 15) is 0 Å². The fourth-order valence-electron chi connectivity index (χ4n) is 2.59. The summed E-state index contributed by atoms with van der Waals surface area (Å²) in [5.74, 6) is 0.939. The molecule has 1 heterocycles. The molecule has 0 radical (unpaired) electrons. The van der Waals surface area contributed by atoms with Gasteiger partial charge < -0.3 is 10.1 Å². The zero-order valence-electron chi connectivity index (χ0n) is 13.4. The van der Waals surface area contributed by atoms with Crippen LogP contribution in [0.5, 0.6) is 5.75 Å². The Morgan fingerprint density at radius 3 is 2.76 bits per heavy atom. The van der Waals surface area contributed by atoms with Crippen LogP contribution in [0.2, 0.25) is 0 Å². The minimum Gasteiger partial charge on any atom is -0.496 e. The fraction of sp³-hybridized carbons (Fsp3) is 0.471. The molecule has 0 bridgehead atoms. The molecular weight excluding hydrogens is 262 g/mol. The van der Waals surface area contributed by atoms with Gasteiger partial charge in [0.15, 0.2) is 0 Å². The summed E-state index contributed by atoms with van der Waals surface area (Å²) in [5, 5.41) is 7.92. The number of aryl methyl sites for hydroxylation is 2. The average molecular weight is 287 g/mol. The van der Waals surface area contributed by atoms with Gasteiger partial charge >= 0.3 is 0 Å². The minimum absolute atomic E-state index is 0.236. The van der Waals surface area contributed by atoms with Crippen LogP contribution in [0.1, 0.15) is 36.6 Å². The fourth-order valence-corrected chi connectivity index (χ4v) is 2.59. The Kier molecular flexibility index (Phi) is 5.39. The first-order chi connectivity index (χ1) is 10.2. The van der Waals surface area contributed by atoms with Crippen LogP contribution < -0.4 is 10.1 Å². The molecule has 1 aromatic carbocycles. The Balaban J connectivity index is 2.27. The Morgan fingerprint density at radius 1 is 1.33 bits per heavy atom. The number of hydrogen-bond donors (Lipinski definition) is 1. The molecule has 114 valence electrons. The van der Waals surface area contributed by atoms with E-state index in [-0.39, 0.29) is 6.04 Å². The van der Waals surface area contributed by atoms with Crippen LogP contribution in [0.3, 0.4) is 0 Å². The zero-order chi connectivity index (χ0) is 15.2. The van der Waals surface area contributed by atoms with Crippen LogP contribution in [-0.2, 0) is 13.0 Å². The van der Waals surface area contributed by atoms with Crippen molar-refractivity contribution in [2.75, 3.05) is 13.7 Å². The molecule has 0 saturated heterocycles. The number of rotatable bonds is 7. The highest BCUT2D eigenvalue weighted by Crippen LogP contribution is 2.28. The second-order valence-electron chi connectivity index (χ2n) is 5.26. The van der Waals surface area contributed by atoms with Gasteiger partial charge in [0.1, 0.15) is 5.75 Å². The van der Waals surface area contributed by atoms with E-state index in [1.54, 1.807) is 7.11 Å². The topological polar surface area (TPSA) is 39.1 Å². The third-order valence-corrected chi connectivity index (χ3v) is 3.66. The van der Waals surface area contributed by atoms with Crippen LogP contribution >= 0.6 is 0 Å². The molecule has 1 aromatic heterocycles. The standard InChI is InChI=1S/C17H25N3O/c1-5-18-16(10-14-11-19-20(6-2)12-14)15-9-13(3)7-8-17(15)21-4/h7-9,11-12,16,18H,5-6,10H2,1-4H3. The average Bonchev–Trinajstić information content (AvgIpc) is 2.94. The quantitative estimate of drug-likeness (QED) is 0.850. The van der Waals surface area contributed by atoms with Gasteiger partial charge in [-0.2, -0.15) is 5.10 Å². The summed E-state index contributed by atoms with van der Waals surface area (Å²) in [6.07, 6.45) is 4.98. The molecule has 0 amide bonds. The maximum Gasteiger partial charge on any atom is 0.123 e. The SMILES string of the molecule is CCNC(Cc1cnn(CC)c1)c1cc(C)ccc1OC. The first-order valence-electron chi connectivity index (χ1n) is 7.57. The van der Waals surface area contributed by atoms with Crippen molar-refractivity contribution in [3.8, 4) is 5.75 Å². The second-order valence-corrected chi connectivity index (χ2v) is 5.26. The van der Waals surface area contributed by atoms with Crippen molar-refractivity contribution in [3.05, 3.63) is 47.3 Å². The van der Waals surface area contributed by atoms with Crippen molar-refractivity contribution in [3.63, 3.8) is 0 Å². The van der Waals surface area contributed by atoms with Gasteiger partial charge in [0.05, 0.1) is 13.3 Å². The van der Waals surface area contributed by atoms with Gasteiger partial charge in [0.2, 0.25) is 0 Å². The second kappa shape index (κ2) is 7.27. The van der Waals surface area contributed by atoms with E-state index in [1.165, 1.54) is 16.7 Å². The van der Waals surface area contributed by atoms with Gasteiger partial charge in [-0.25, -0.2) is 0 Å². The monoisotopic (exact) mass is 287 g/mol. The number of benzene rings is 1. The molecule has 0 spiro atoms. The van der Waals surface area contributed by atoms with Crippen LogP contribution in [0, 0.1) is 6.92 Å². The lowest BCUT2D eigenvalue weighted by molar-refractivity contribution is 0.399. The molecule has 4 nitrogen and oxygen atoms in total. The van der Waals surface area contributed by atoms with E-state index in [4.69, 9.17) is 4.74 Å². The van der Waals surface area contributed by atoms with E-state index in [1.807, 2.05) is 16.9 Å². The Morgan fingerprint density at radius 2 is 2.14 bits per heavy atom. The molecule has 1 unspecified atom stereocenters. The van der Waals surface area contributed by atoms with Gasteiger partial charge in [0, 0.05) is 24.3 Å². The molecule has 1 N–H and O–H groups in total. The molecule has 0 aliphatic rings. The van der Waals surface area contributed by atoms with E-state index >= 15 is 0 Å². The molecule has 0 fully saturated rings. The van der Waals surface area contributed by atoms with Gasteiger partial charge in [0.25, 0.3) is 0 Å². The van der Waals surface area contributed by atoms with Crippen molar-refractivity contribution in [2.24, 2.45) is 0 Å². The minimum atomic E-state index is 0.236. The lowest BCUT2D eigenvalue weighted by Gasteiger charge is -2.21. The third kappa shape index (κ3) is 3.85. The number of likely N-dealkylation sites (N-methyl/N-ethyl adjacent to an activating group) is 1. The first kappa shape index (κ1) is 15.6. The molecular formula is C17H25N3O. The highest BCUT2D eigenvalue weighted by molar-refractivity contribution is 5.39. The van der Waals surface area contributed by atoms with Crippen molar-refractivity contribution in [1.29, 1.82) is 0 Å². The summed E-state index contributed by atoms with van der Waals surface area (Å²) < 4.78 is 7.49. The summed E-state index contributed by atoms with van der Waals surface area (Å²) in [5.41, 5.74) is 3.70. The van der Waals surface area contributed by atoms with Crippen molar-refractivity contribution < 1.29 is 4.74 Å². The van der Waals surface area contributed by atoms with E-state index in [0.29, 0.717) is 0 Å². The maximum absolute atomic E-state index is 5.53. The Hall–Kier alpha value is -1.81. The van der Waals surface area contributed by atoms with Crippen molar-refractivity contribution in [1.82, 2.24) is 15.1 Å². The Bertz CT molecular complexity index is 577. The first-order valence-corrected chi connectivity index (χ1v) is 7.57. The predicted molar refractivity (Wildman–Crippen MR) is 85.8 cm³/mol. The molecule has 2 aromatic rings. The van der Waals surface area contributed by atoms with Crippen molar-refractivity contribution in [2.45, 2.75) is 39.8 Å². The van der Waals surface area contributed by atoms with Crippen LogP contribution in [0.15, 0.2) is 30.6 Å². The highest BCUT2D eigenvalue weighted by atomic mass is 16.5. The number of nitrogens with zero attached hydrogens (tertiary/aromatic N) is 2. The molecule has 1 atom stereocenters. The largest absolute Gasteiger partial charge is 0.496 e. The van der Waals surface area contributed by atoms with Crippen LogP contribution in [-0.4, -0.2) is 23.4 Å². The number of aromatic nitrogens is 2. The van der Waals surface area contributed by atoms with Gasteiger partial charge in [-0.05, 0) is 38.4 Å². The summed E-state index contributed by atoms with van der Waals surface area (Å²) in [4.78, 5) is 0. The molecule has 0 aliphatic carbocycles. The van der Waals surface area contributed by atoms with Crippen LogP contribution in [0.4, 0.5) is 0 Å². The molecule has 2 rings (SSSR count). The highest BCUT2D eigenvalue weighted by Gasteiger charge is 2.17. The number of hydrogen-bond acceptors (Lipinski definition) is 3. The predicted octanol–water partition coefficient (Wildman–Crippen LogP) is 3.11. The number of ether oxygens (including phenoxy) is 1. The lowest BCUT2D eigenvalue weighted by Crippen LogP contribution is -2.23. The van der Waals surface area contributed by atoms with E-state index in [2.05, 4.69) is 49.5 Å². The van der Waals surface area contributed by atoms with Gasteiger partial charge in [-0.15, -0.1) is 0 Å². The summed E-state index contributed by atoms with van der Waals surface area (Å²) in [7, 11) is 1.73. The zero-order valence-corrected chi connectivity index (χ0v) is 13.4. The van der Waals surface area contributed by atoms with E-state index in [0.717, 1.165) is 25.3 Å². The van der Waals surface area contributed by atoms with Crippen LogP contribution in [0.25, 0.3) is 0 Å². The maximum atomic E-state index is 5.53. The van der Waals surface area contributed by atoms with Crippen molar-refractivity contribution >= 4 is 0 Å². The van der Waals surface area contributed by atoms with E-state index < -0.39 is 0 Å². The summed E-state index contributed by atoms with van der Waals surface area (Å²) >= 11 is 0. The lowest BCUT2D eigenvalue weighted by atomic mass is 9.98. The summed E-state index contributed by atoms with van der Waals surface area (Å²) in [6, 6.07) is 6.57.